The minimum Gasteiger partial charge on any atom is -0.449 e. The molecule has 0 amide bonds. The predicted molar refractivity (Wildman–Crippen MR) is 101 cm³/mol. The van der Waals surface area contributed by atoms with Crippen LogP contribution >= 0.6 is 21.6 Å². The average molecular weight is 399 g/mol. The summed E-state index contributed by atoms with van der Waals surface area (Å²) in [7, 11) is 3.63. The number of rotatable bonds is 11. The highest BCUT2D eigenvalue weighted by Crippen LogP contribution is 2.23. The lowest BCUT2D eigenvalue weighted by Crippen LogP contribution is -2.12. The zero-order valence-corrected chi connectivity index (χ0v) is 16.0. The summed E-state index contributed by atoms with van der Waals surface area (Å²) >= 11 is 0. The van der Waals surface area contributed by atoms with Gasteiger partial charge in [-0.1, -0.05) is 21.6 Å². The van der Waals surface area contributed by atoms with Crippen LogP contribution in [0.3, 0.4) is 0 Å². The van der Waals surface area contributed by atoms with Gasteiger partial charge < -0.3 is 9.47 Å². The molecule has 0 atom stereocenters. The van der Waals surface area contributed by atoms with Crippen molar-refractivity contribution in [1.29, 1.82) is 0 Å². The molecule has 0 N–H and O–H groups in total. The molecule has 142 valence electrons. The summed E-state index contributed by atoms with van der Waals surface area (Å²) in [4.78, 5) is 30.7. The largest absolute Gasteiger partial charge is 0.449 e. The van der Waals surface area contributed by atoms with E-state index in [9.17, 15) is 9.59 Å². The van der Waals surface area contributed by atoms with E-state index < -0.39 is 12.2 Å². The molecule has 10 heteroatoms. The number of ether oxygens (including phenoxy) is 2. The van der Waals surface area contributed by atoms with Crippen LogP contribution < -0.4 is 0 Å². The van der Waals surface area contributed by atoms with Crippen molar-refractivity contribution in [2.45, 2.75) is 25.7 Å². The topological polar surface area (TPSA) is 88.2 Å². The van der Waals surface area contributed by atoms with E-state index in [0.717, 1.165) is 37.2 Å². The summed E-state index contributed by atoms with van der Waals surface area (Å²) in [5.41, 5.74) is 0. The minimum absolute atomic E-state index is 0.390. The maximum atomic E-state index is 11.5. The second-order valence-corrected chi connectivity index (χ2v) is 7.93. The molecule has 0 radical (unpaired) electrons. The lowest BCUT2D eigenvalue weighted by molar-refractivity contribution is 0.145. The Labute approximate surface area is 160 Å². The van der Waals surface area contributed by atoms with Crippen molar-refractivity contribution < 1.29 is 19.1 Å². The van der Waals surface area contributed by atoms with E-state index in [-0.39, 0.29) is 0 Å². The van der Waals surface area contributed by atoms with E-state index in [1.807, 2.05) is 21.6 Å². The van der Waals surface area contributed by atoms with Gasteiger partial charge in [-0.05, 0) is 25.7 Å². The highest BCUT2D eigenvalue weighted by molar-refractivity contribution is 8.76. The van der Waals surface area contributed by atoms with Crippen LogP contribution in [0.2, 0.25) is 0 Å². The molecule has 0 aliphatic carbocycles. The second-order valence-electron chi connectivity index (χ2n) is 5.23. The molecule has 0 saturated heterocycles. The first-order valence-electron chi connectivity index (χ1n) is 8.32. The molecule has 0 spiro atoms. The Bertz CT molecular complexity index is 578. The predicted octanol–water partition coefficient (Wildman–Crippen LogP) is 3.69. The molecule has 0 saturated carbocycles. The molecule has 26 heavy (non-hydrogen) atoms. The fourth-order valence-corrected chi connectivity index (χ4v) is 4.14. The fraction of sp³-hybridized carbons (Fsp3) is 0.500. The van der Waals surface area contributed by atoms with E-state index in [4.69, 9.17) is 9.47 Å². The molecule has 8 nitrogen and oxygen atoms in total. The van der Waals surface area contributed by atoms with E-state index in [1.54, 1.807) is 24.8 Å². The summed E-state index contributed by atoms with van der Waals surface area (Å²) in [5, 5.41) is 0. The first-order valence-corrected chi connectivity index (χ1v) is 10.8. The highest BCUT2D eigenvalue weighted by atomic mass is 33.1. The molecule has 2 rings (SSSR count). The number of hydrogen-bond donors (Lipinski definition) is 0. The summed E-state index contributed by atoms with van der Waals surface area (Å²) < 4.78 is 12.9. The third-order valence-electron chi connectivity index (χ3n) is 3.21. The van der Waals surface area contributed by atoms with Crippen molar-refractivity contribution in [2.24, 2.45) is 0 Å². The Hall–Kier alpha value is -1.94. The maximum absolute atomic E-state index is 11.5. The van der Waals surface area contributed by atoms with Crippen LogP contribution in [0.25, 0.3) is 0 Å². The summed E-state index contributed by atoms with van der Waals surface area (Å²) in [5.74, 6) is 2.03. The van der Waals surface area contributed by atoms with Gasteiger partial charge in [0.1, 0.15) is 12.7 Å². The SMILES string of the molecule is O=C(OCCCCSSCCCCOC(=O)n1ccnc1)n1ccnc1. The Morgan fingerprint density at radius 3 is 1.62 bits per heavy atom. The lowest BCUT2D eigenvalue weighted by Gasteiger charge is -2.05. The van der Waals surface area contributed by atoms with Gasteiger partial charge >= 0.3 is 12.2 Å². The molecule has 2 aromatic rings. The summed E-state index contributed by atoms with van der Waals surface area (Å²) in [6, 6.07) is 0. The van der Waals surface area contributed by atoms with Gasteiger partial charge in [0.2, 0.25) is 0 Å². The van der Waals surface area contributed by atoms with Crippen LogP contribution in [0.1, 0.15) is 25.7 Å². The van der Waals surface area contributed by atoms with E-state index in [2.05, 4.69) is 9.97 Å². The van der Waals surface area contributed by atoms with E-state index in [0.29, 0.717) is 13.2 Å². The monoisotopic (exact) mass is 398 g/mol. The fourth-order valence-electron chi connectivity index (χ4n) is 1.85. The van der Waals surface area contributed by atoms with Crippen molar-refractivity contribution >= 4 is 33.8 Å². The second kappa shape index (κ2) is 12.4. The molecule has 2 heterocycles. The first kappa shape index (κ1) is 20.4. The minimum atomic E-state index is -0.390. The van der Waals surface area contributed by atoms with Gasteiger partial charge in [-0.25, -0.2) is 28.7 Å². The van der Waals surface area contributed by atoms with Crippen molar-refractivity contribution in [1.82, 2.24) is 19.1 Å². The van der Waals surface area contributed by atoms with E-state index >= 15 is 0 Å². The number of carbonyl (C=O) groups is 2. The van der Waals surface area contributed by atoms with Crippen molar-refractivity contribution in [3.8, 4) is 0 Å². The zero-order chi connectivity index (χ0) is 18.5. The third kappa shape index (κ3) is 7.96. The maximum Gasteiger partial charge on any atom is 0.419 e. The van der Waals surface area contributed by atoms with Gasteiger partial charge in [0.15, 0.2) is 0 Å². The quantitative estimate of drug-likeness (QED) is 0.418. The lowest BCUT2D eigenvalue weighted by atomic mass is 10.4. The molecular weight excluding hydrogens is 376 g/mol. The normalized spacial score (nSPS) is 10.6. The summed E-state index contributed by atoms with van der Waals surface area (Å²) in [6.45, 7) is 0.842. The first-order chi connectivity index (χ1) is 12.8. The van der Waals surface area contributed by atoms with Crippen LogP contribution in [-0.2, 0) is 9.47 Å². The number of carbonyl (C=O) groups excluding carboxylic acids is 2. The summed E-state index contributed by atoms with van der Waals surface area (Å²) in [6.07, 6.45) is 12.0. The van der Waals surface area contributed by atoms with Crippen molar-refractivity contribution in [3.05, 3.63) is 37.4 Å². The zero-order valence-electron chi connectivity index (χ0n) is 14.4. The van der Waals surface area contributed by atoms with Gasteiger partial charge in [0.25, 0.3) is 0 Å². The van der Waals surface area contributed by atoms with Gasteiger partial charge in [-0.15, -0.1) is 0 Å². The standard InChI is InChI=1S/C16H22N4O4S2/c21-15(19-7-5-17-13-19)23-9-1-3-11-25-26-12-4-2-10-24-16(22)20-8-6-18-14-20/h5-8,13-14H,1-4,9-12H2. The van der Waals surface area contributed by atoms with Crippen LogP contribution in [0.15, 0.2) is 37.4 Å². The highest BCUT2D eigenvalue weighted by Gasteiger charge is 2.04. The Morgan fingerprint density at radius 2 is 1.23 bits per heavy atom. The molecular formula is C16H22N4O4S2. The van der Waals surface area contributed by atoms with Gasteiger partial charge in [0.05, 0.1) is 13.2 Å². The number of imidazole rings is 2. The molecule has 0 unspecified atom stereocenters. The van der Waals surface area contributed by atoms with Gasteiger partial charge in [-0.3, -0.25) is 0 Å². The van der Waals surface area contributed by atoms with E-state index in [1.165, 1.54) is 21.8 Å². The smallest absolute Gasteiger partial charge is 0.419 e. The number of unbranched alkanes of at least 4 members (excludes halogenated alkanes) is 2. The van der Waals surface area contributed by atoms with Crippen molar-refractivity contribution in [3.63, 3.8) is 0 Å². The third-order valence-corrected chi connectivity index (χ3v) is 5.79. The van der Waals surface area contributed by atoms with Crippen molar-refractivity contribution in [2.75, 3.05) is 24.7 Å². The molecule has 0 bridgehead atoms. The number of aromatic nitrogens is 4. The number of nitrogens with zero attached hydrogens (tertiary/aromatic N) is 4. The van der Waals surface area contributed by atoms with Gasteiger partial charge in [-0.2, -0.15) is 0 Å². The van der Waals surface area contributed by atoms with Crippen LogP contribution in [0.4, 0.5) is 9.59 Å². The van der Waals surface area contributed by atoms with Crippen LogP contribution in [-0.4, -0.2) is 56.0 Å². The van der Waals surface area contributed by atoms with Gasteiger partial charge in [0, 0.05) is 36.3 Å². The average Bonchev–Trinajstić information content (AvgIpc) is 3.35. The van der Waals surface area contributed by atoms with Crippen LogP contribution in [0.5, 0.6) is 0 Å². The molecule has 0 aromatic carbocycles. The molecule has 2 aromatic heterocycles. The number of hydrogen-bond acceptors (Lipinski definition) is 8. The molecule has 0 fully saturated rings. The Balaban J connectivity index is 1.33. The Kier molecular flexibility index (Phi) is 9.73. The molecule has 0 aliphatic rings. The Morgan fingerprint density at radius 1 is 0.769 bits per heavy atom. The van der Waals surface area contributed by atoms with Crippen LogP contribution in [0, 0.1) is 0 Å². The molecule has 0 aliphatic heterocycles.